The summed E-state index contributed by atoms with van der Waals surface area (Å²) in [6.45, 7) is 4.31. The second-order valence-electron chi connectivity index (χ2n) is 8.22. The van der Waals surface area contributed by atoms with E-state index in [1.807, 2.05) is 4.90 Å². The summed E-state index contributed by atoms with van der Waals surface area (Å²) < 4.78 is 53.9. The molecule has 0 spiro atoms. The number of rotatable bonds is 4. The van der Waals surface area contributed by atoms with Gasteiger partial charge in [0.15, 0.2) is 5.83 Å². The Kier molecular flexibility index (Phi) is 4.89. The van der Waals surface area contributed by atoms with Gasteiger partial charge in [0.2, 0.25) is 0 Å². The van der Waals surface area contributed by atoms with Crippen LogP contribution in [0.3, 0.4) is 0 Å². The molecular weight excluding hydrogens is 442 g/mol. The number of halogens is 4. The topological polar surface area (TPSA) is 74.5 Å². The summed E-state index contributed by atoms with van der Waals surface area (Å²) in [5.41, 5.74) is 2.02. The third kappa shape index (κ3) is 3.62. The molecule has 0 saturated carbocycles. The number of fused-ring (bicyclic) bond motifs is 1. The number of hydrogen-bond acceptors (Lipinski definition) is 5. The number of carbonyl (C=O) groups is 1. The molecule has 4 heterocycles. The molecule has 0 bridgehead atoms. The van der Waals surface area contributed by atoms with Crippen LogP contribution in [-0.4, -0.2) is 63.0 Å². The fourth-order valence-corrected chi connectivity index (χ4v) is 4.18. The Labute approximate surface area is 185 Å². The number of aromatic nitrogens is 3. The molecule has 1 amide bonds. The molecule has 3 aromatic rings. The molecule has 7 nitrogen and oxygen atoms in total. The lowest BCUT2D eigenvalue weighted by molar-refractivity contribution is -0.137. The second kappa shape index (κ2) is 7.55. The van der Waals surface area contributed by atoms with E-state index in [0.29, 0.717) is 35.4 Å². The molecular formula is C22H19F4N5O2. The number of pyridine rings is 1. The van der Waals surface area contributed by atoms with E-state index in [0.717, 1.165) is 17.8 Å². The number of carbonyl (C=O) groups excluding carboxylic acids is 1. The van der Waals surface area contributed by atoms with Gasteiger partial charge in [-0.3, -0.25) is 14.5 Å². The summed E-state index contributed by atoms with van der Waals surface area (Å²) in [5.74, 6) is -1.82. The summed E-state index contributed by atoms with van der Waals surface area (Å²) in [7, 11) is 0. The Bertz CT molecular complexity index is 1240. The molecule has 0 aliphatic carbocycles. The molecule has 1 aromatic carbocycles. The predicted molar refractivity (Wildman–Crippen MR) is 112 cm³/mol. The molecule has 2 aliphatic heterocycles. The van der Waals surface area contributed by atoms with Crippen LogP contribution in [0.15, 0.2) is 48.9 Å². The molecule has 2 aromatic heterocycles. The summed E-state index contributed by atoms with van der Waals surface area (Å²) in [6, 6.07) is 6.20. The minimum absolute atomic E-state index is 0.210. The smallest absolute Gasteiger partial charge is 0.389 e. The third-order valence-corrected chi connectivity index (χ3v) is 5.98. The van der Waals surface area contributed by atoms with Crippen LogP contribution in [0.4, 0.5) is 23.2 Å². The molecule has 2 saturated heterocycles. The number of anilines is 1. The summed E-state index contributed by atoms with van der Waals surface area (Å²) in [6.07, 6.45) is -3.32. The maximum absolute atomic E-state index is 13.2. The van der Waals surface area contributed by atoms with E-state index >= 15 is 0 Å². The number of benzene rings is 1. The highest BCUT2D eigenvalue weighted by molar-refractivity contribution is 5.98. The van der Waals surface area contributed by atoms with Crippen molar-refractivity contribution >= 4 is 22.6 Å². The Hall–Kier alpha value is -3.47. The lowest BCUT2D eigenvalue weighted by Crippen LogP contribution is -2.52. The van der Waals surface area contributed by atoms with Crippen LogP contribution >= 0.6 is 0 Å². The fourth-order valence-electron chi connectivity index (χ4n) is 4.18. The SMILES string of the molecule is C=C(F)C(=O)N1CC(n2nc(-c3ccc(C(F)(F)F)cc3)c3nccc(N4CC(O)C4)c32)C1. The second-order valence-corrected chi connectivity index (χ2v) is 8.22. The van der Waals surface area contributed by atoms with Crippen molar-refractivity contribution in [3.63, 3.8) is 0 Å². The fraction of sp³-hybridized carbons (Fsp3) is 0.318. The maximum Gasteiger partial charge on any atom is 0.416 e. The zero-order valence-corrected chi connectivity index (χ0v) is 17.3. The van der Waals surface area contributed by atoms with E-state index in [9.17, 15) is 27.5 Å². The van der Waals surface area contributed by atoms with Crippen molar-refractivity contribution < 1.29 is 27.5 Å². The van der Waals surface area contributed by atoms with Crippen molar-refractivity contribution in [1.29, 1.82) is 0 Å². The molecule has 5 rings (SSSR count). The number of aliphatic hydroxyl groups excluding tert-OH is 1. The van der Waals surface area contributed by atoms with E-state index in [2.05, 4.69) is 16.7 Å². The first-order valence-corrected chi connectivity index (χ1v) is 10.2. The van der Waals surface area contributed by atoms with Crippen molar-refractivity contribution in [2.45, 2.75) is 18.3 Å². The van der Waals surface area contributed by atoms with E-state index < -0.39 is 29.6 Å². The van der Waals surface area contributed by atoms with E-state index in [1.165, 1.54) is 17.0 Å². The highest BCUT2D eigenvalue weighted by Gasteiger charge is 2.37. The van der Waals surface area contributed by atoms with Crippen LogP contribution in [0.2, 0.25) is 0 Å². The van der Waals surface area contributed by atoms with Gasteiger partial charge in [0, 0.05) is 37.9 Å². The van der Waals surface area contributed by atoms with Gasteiger partial charge in [-0.15, -0.1) is 0 Å². The largest absolute Gasteiger partial charge is 0.416 e. The van der Waals surface area contributed by atoms with Crippen LogP contribution < -0.4 is 4.90 Å². The van der Waals surface area contributed by atoms with Gasteiger partial charge in [0.1, 0.15) is 16.7 Å². The van der Waals surface area contributed by atoms with Crippen molar-refractivity contribution in [3.8, 4) is 11.3 Å². The van der Waals surface area contributed by atoms with Crippen LogP contribution in [0.1, 0.15) is 11.6 Å². The summed E-state index contributed by atoms with van der Waals surface area (Å²) in [5, 5.41) is 14.4. The van der Waals surface area contributed by atoms with Gasteiger partial charge in [-0.05, 0) is 18.2 Å². The normalized spacial score (nSPS) is 17.2. The zero-order chi connectivity index (χ0) is 23.5. The van der Waals surface area contributed by atoms with Gasteiger partial charge in [0.05, 0.1) is 23.4 Å². The van der Waals surface area contributed by atoms with Crippen LogP contribution in [0.25, 0.3) is 22.3 Å². The van der Waals surface area contributed by atoms with E-state index in [1.54, 1.807) is 16.9 Å². The number of likely N-dealkylation sites (tertiary alicyclic amines) is 1. The monoisotopic (exact) mass is 461 g/mol. The Balaban J connectivity index is 1.58. The quantitative estimate of drug-likeness (QED) is 0.477. The first-order valence-electron chi connectivity index (χ1n) is 10.2. The Morgan fingerprint density at radius 1 is 1.09 bits per heavy atom. The molecule has 0 unspecified atom stereocenters. The van der Waals surface area contributed by atoms with Crippen molar-refractivity contribution in [1.82, 2.24) is 19.7 Å². The van der Waals surface area contributed by atoms with Crippen LogP contribution in [0, 0.1) is 0 Å². The highest BCUT2D eigenvalue weighted by Crippen LogP contribution is 2.38. The summed E-state index contributed by atoms with van der Waals surface area (Å²) in [4.78, 5) is 19.6. The van der Waals surface area contributed by atoms with Crippen molar-refractivity contribution in [3.05, 3.63) is 54.5 Å². The number of β-amino-alcohol motifs (C(OH)–C–C–N with tert-alkyl or cyclic N) is 1. The first-order chi connectivity index (χ1) is 15.6. The number of aliphatic hydroxyl groups is 1. The van der Waals surface area contributed by atoms with Crippen LogP contribution in [0.5, 0.6) is 0 Å². The number of nitrogens with zero attached hydrogens (tertiary/aromatic N) is 5. The lowest BCUT2D eigenvalue weighted by Gasteiger charge is -2.41. The minimum Gasteiger partial charge on any atom is -0.389 e. The molecule has 2 fully saturated rings. The molecule has 172 valence electrons. The predicted octanol–water partition coefficient (Wildman–Crippen LogP) is 3.16. The van der Waals surface area contributed by atoms with E-state index in [4.69, 9.17) is 0 Å². The molecule has 33 heavy (non-hydrogen) atoms. The number of alkyl halides is 3. The maximum atomic E-state index is 13.2. The first kappa shape index (κ1) is 21.4. The van der Waals surface area contributed by atoms with Crippen molar-refractivity contribution in [2.75, 3.05) is 31.1 Å². The van der Waals surface area contributed by atoms with Gasteiger partial charge >= 0.3 is 6.18 Å². The van der Waals surface area contributed by atoms with Crippen molar-refractivity contribution in [2.24, 2.45) is 0 Å². The Morgan fingerprint density at radius 3 is 2.33 bits per heavy atom. The van der Waals surface area contributed by atoms with E-state index in [-0.39, 0.29) is 19.1 Å². The molecule has 11 heteroatoms. The Morgan fingerprint density at radius 2 is 1.76 bits per heavy atom. The number of hydrogen-bond donors (Lipinski definition) is 1. The third-order valence-electron chi connectivity index (χ3n) is 5.98. The summed E-state index contributed by atoms with van der Waals surface area (Å²) >= 11 is 0. The van der Waals surface area contributed by atoms with Gasteiger partial charge in [-0.2, -0.15) is 18.3 Å². The zero-order valence-electron chi connectivity index (χ0n) is 17.3. The lowest BCUT2D eigenvalue weighted by atomic mass is 10.1. The van der Waals surface area contributed by atoms with Gasteiger partial charge in [-0.1, -0.05) is 18.7 Å². The average Bonchev–Trinajstić information content (AvgIpc) is 3.09. The highest BCUT2D eigenvalue weighted by atomic mass is 19.4. The molecule has 1 N–H and O–H groups in total. The average molecular weight is 461 g/mol. The molecule has 0 atom stereocenters. The van der Waals surface area contributed by atoms with Gasteiger partial charge in [0.25, 0.3) is 5.91 Å². The number of amides is 1. The molecule has 0 radical (unpaired) electrons. The standard InChI is InChI=1S/C22H19F4N5O2/c1-12(23)21(33)30-8-15(9-30)31-20-17(29-10-16(32)11-29)6-7-27-19(20)18(28-31)13-2-4-14(5-3-13)22(24,25)26/h2-7,15-16,32H,1,8-11H2. The minimum atomic E-state index is -4.45. The van der Waals surface area contributed by atoms with Crippen LogP contribution in [-0.2, 0) is 11.0 Å². The van der Waals surface area contributed by atoms with Gasteiger partial charge in [-0.25, -0.2) is 4.39 Å². The van der Waals surface area contributed by atoms with Gasteiger partial charge < -0.3 is 14.9 Å². The molecule has 2 aliphatic rings.